The third-order valence-electron chi connectivity index (χ3n) is 5.53. The van der Waals surface area contributed by atoms with E-state index in [1.54, 1.807) is 35.7 Å². The van der Waals surface area contributed by atoms with Gasteiger partial charge in [0.2, 0.25) is 0 Å². The molecular formula is C26H21F2NS. The second kappa shape index (κ2) is 7.44. The number of alkyl halides is 2. The van der Waals surface area contributed by atoms with Gasteiger partial charge in [-0.15, -0.1) is 11.3 Å². The van der Waals surface area contributed by atoms with Crippen LogP contribution in [0.4, 0.5) is 8.78 Å². The van der Waals surface area contributed by atoms with Gasteiger partial charge < -0.3 is 0 Å². The minimum atomic E-state index is -2.53. The van der Waals surface area contributed by atoms with Gasteiger partial charge in [-0.25, -0.2) is 8.78 Å². The summed E-state index contributed by atoms with van der Waals surface area (Å²) in [4.78, 5) is 4.64. The average Bonchev–Trinajstić information content (AvgIpc) is 3.12. The predicted molar refractivity (Wildman–Crippen MR) is 124 cm³/mol. The summed E-state index contributed by atoms with van der Waals surface area (Å²) in [5.74, 6) is 0.562. The summed E-state index contributed by atoms with van der Waals surface area (Å²) in [5, 5.41) is 3.76. The van der Waals surface area contributed by atoms with Crippen molar-refractivity contribution < 1.29 is 8.78 Å². The smallest absolute Gasteiger partial charge is 0.255 e. The van der Waals surface area contributed by atoms with E-state index in [2.05, 4.69) is 37.0 Å². The molecule has 0 N–H and O–H groups in total. The van der Waals surface area contributed by atoms with E-state index in [0.29, 0.717) is 11.3 Å². The first-order chi connectivity index (χ1) is 14.5. The SMILES string of the molecule is CC(C)Cc1cccc2c1sc1c(-c3cc(C(F)F)c4ccccc4c3)nccc12. The van der Waals surface area contributed by atoms with E-state index >= 15 is 0 Å². The summed E-state index contributed by atoms with van der Waals surface area (Å²) >= 11 is 1.72. The topological polar surface area (TPSA) is 12.9 Å². The summed E-state index contributed by atoms with van der Waals surface area (Å²) in [7, 11) is 0. The molecule has 2 heterocycles. The number of aromatic nitrogens is 1. The van der Waals surface area contributed by atoms with E-state index in [0.717, 1.165) is 33.2 Å². The molecule has 0 saturated heterocycles. The van der Waals surface area contributed by atoms with Gasteiger partial charge in [-0.1, -0.05) is 56.3 Å². The molecule has 2 aromatic heterocycles. The Morgan fingerprint density at radius 3 is 2.43 bits per heavy atom. The van der Waals surface area contributed by atoms with E-state index in [1.165, 1.54) is 15.6 Å². The second-order valence-corrected chi connectivity index (χ2v) is 9.14. The lowest BCUT2D eigenvalue weighted by Crippen LogP contribution is -1.93. The molecule has 0 unspecified atom stereocenters. The first-order valence-corrected chi connectivity index (χ1v) is 10.9. The molecule has 0 atom stereocenters. The zero-order valence-corrected chi connectivity index (χ0v) is 17.6. The molecule has 5 rings (SSSR count). The Hall–Kier alpha value is -2.85. The maximum atomic E-state index is 13.8. The first-order valence-electron chi connectivity index (χ1n) is 10.1. The molecule has 0 amide bonds. The molecule has 0 radical (unpaired) electrons. The van der Waals surface area contributed by atoms with Crippen LogP contribution in [-0.4, -0.2) is 4.98 Å². The number of benzene rings is 3. The molecule has 0 bridgehead atoms. The summed E-state index contributed by atoms with van der Waals surface area (Å²) in [5.41, 5.74) is 2.91. The Morgan fingerprint density at radius 1 is 0.867 bits per heavy atom. The van der Waals surface area contributed by atoms with Crippen molar-refractivity contribution in [2.24, 2.45) is 5.92 Å². The normalized spacial score (nSPS) is 12.1. The molecule has 0 aliphatic carbocycles. The molecule has 4 heteroatoms. The number of hydrogen-bond donors (Lipinski definition) is 0. The summed E-state index contributed by atoms with van der Waals surface area (Å²) in [6.07, 6.45) is 0.267. The first kappa shape index (κ1) is 19.1. The zero-order chi connectivity index (χ0) is 20.8. The van der Waals surface area contributed by atoms with E-state index in [1.807, 2.05) is 24.3 Å². The fourth-order valence-electron chi connectivity index (χ4n) is 4.25. The van der Waals surface area contributed by atoms with Crippen LogP contribution >= 0.6 is 11.3 Å². The maximum Gasteiger partial charge on any atom is 0.264 e. The molecule has 5 aromatic rings. The van der Waals surface area contributed by atoms with Gasteiger partial charge in [0.15, 0.2) is 0 Å². The van der Waals surface area contributed by atoms with Crippen LogP contribution < -0.4 is 0 Å². The van der Waals surface area contributed by atoms with Crippen molar-refractivity contribution in [2.75, 3.05) is 0 Å². The van der Waals surface area contributed by atoms with Crippen LogP contribution in [-0.2, 0) is 6.42 Å². The number of thiophene rings is 1. The lowest BCUT2D eigenvalue weighted by Gasteiger charge is -2.10. The number of fused-ring (bicyclic) bond motifs is 4. The van der Waals surface area contributed by atoms with Crippen molar-refractivity contribution in [1.29, 1.82) is 0 Å². The standard InChI is InChI=1S/C26H21F2NS/c1-15(2)12-17-7-5-9-20-21-10-11-29-23(25(21)30-24(17)20)18-13-16-6-3-4-8-19(16)22(14-18)26(27)28/h3-11,13-15,26H,12H2,1-2H3. The second-order valence-electron chi connectivity index (χ2n) is 8.12. The van der Waals surface area contributed by atoms with Crippen LogP contribution in [0.2, 0.25) is 0 Å². The Morgan fingerprint density at radius 2 is 1.63 bits per heavy atom. The lowest BCUT2D eigenvalue weighted by molar-refractivity contribution is 0.153. The van der Waals surface area contributed by atoms with Gasteiger partial charge in [-0.3, -0.25) is 4.98 Å². The Balaban J connectivity index is 1.80. The largest absolute Gasteiger partial charge is 0.264 e. The quantitative estimate of drug-likeness (QED) is 0.286. The van der Waals surface area contributed by atoms with E-state index in [4.69, 9.17) is 0 Å². The fraction of sp³-hybridized carbons (Fsp3) is 0.192. The van der Waals surface area contributed by atoms with Gasteiger partial charge in [0.1, 0.15) is 0 Å². The number of pyridine rings is 1. The van der Waals surface area contributed by atoms with Gasteiger partial charge in [-0.2, -0.15) is 0 Å². The Bertz CT molecular complexity index is 1380. The van der Waals surface area contributed by atoms with Crippen LogP contribution in [0.3, 0.4) is 0 Å². The molecule has 0 saturated carbocycles. The van der Waals surface area contributed by atoms with Crippen molar-refractivity contribution in [3.8, 4) is 11.3 Å². The van der Waals surface area contributed by atoms with E-state index in [-0.39, 0.29) is 5.56 Å². The van der Waals surface area contributed by atoms with Crippen LogP contribution in [0.15, 0.2) is 66.9 Å². The maximum absolute atomic E-state index is 13.8. The molecule has 1 nitrogen and oxygen atoms in total. The monoisotopic (exact) mass is 417 g/mol. The van der Waals surface area contributed by atoms with Crippen LogP contribution in [0.5, 0.6) is 0 Å². The number of rotatable bonds is 4. The minimum absolute atomic E-state index is 0.0588. The van der Waals surface area contributed by atoms with Crippen LogP contribution in [0.25, 0.3) is 42.2 Å². The number of hydrogen-bond acceptors (Lipinski definition) is 2. The Kier molecular flexibility index (Phi) is 4.75. The van der Waals surface area contributed by atoms with E-state index in [9.17, 15) is 8.78 Å². The van der Waals surface area contributed by atoms with Gasteiger partial charge in [0, 0.05) is 32.8 Å². The minimum Gasteiger partial charge on any atom is -0.255 e. The molecule has 0 aliphatic rings. The zero-order valence-electron chi connectivity index (χ0n) is 16.8. The highest BCUT2D eigenvalue weighted by Gasteiger charge is 2.18. The van der Waals surface area contributed by atoms with Crippen molar-refractivity contribution in [3.63, 3.8) is 0 Å². The molecule has 30 heavy (non-hydrogen) atoms. The predicted octanol–water partition coefficient (Wildman–Crippen LogP) is 8.41. The molecule has 3 aromatic carbocycles. The summed E-state index contributed by atoms with van der Waals surface area (Å²) < 4.78 is 30.0. The van der Waals surface area contributed by atoms with Gasteiger partial charge in [-0.05, 0) is 46.9 Å². The fourth-order valence-corrected chi connectivity index (χ4v) is 5.58. The van der Waals surface area contributed by atoms with Crippen LogP contribution in [0.1, 0.15) is 31.4 Å². The van der Waals surface area contributed by atoms with Gasteiger partial charge in [0.05, 0.1) is 10.4 Å². The number of halogens is 2. The van der Waals surface area contributed by atoms with Crippen molar-refractivity contribution in [1.82, 2.24) is 4.98 Å². The van der Waals surface area contributed by atoms with Crippen molar-refractivity contribution >= 4 is 42.3 Å². The lowest BCUT2D eigenvalue weighted by atomic mass is 9.98. The van der Waals surface area contributed by atoms with Crippen molar-refractivity contribution in [2.45, 2.75) is 26.7 Å². The highest BCUT2D eigenvalue weighted by molar-refractivity contribution is 7.26. The third-order valence-corrected chi connectivity index (χ3v) is 6.83. The number of nitrogens with zero attached hydrogens (tertiary/aromatic N) is 1. The molecular weight excluding hydrogens is 396 g/mol. The summed E-state index contributed by atoms with van der Waals surface area (Å²) in [6.45, 7) is 4.44. The summed E-state index contributed by atoms with van der Waals surface area (Å²) in [6, 6.07) is 19.4. The highest BCUT2D eigenvalue weighted by Crippen LogP contribution is 2.42. The molecule has 0 fully saturated rings. The highest BCUT2D eigenvalue weighted by atomic mass is 32.1. The molecule has 0 spiro atoms. The van der Waals surface area contributed by atoms with Crippen LogP contribution in [0, 0.1) is 5.92 Å². The third kappa shape index (κ3) is 3.16. The van der Waals surface area contributed by atoms with E-state index < -0.39 is 6.43 Å². The molecule has 0 aliphatic heterocycles. The van der Waals surface area contributed by atoms with Gasteiger partial charge >= 0.3 is 0 Å². The van der Waals surface area contributed by atoms with Crippen molar-refractivity contribution in [3.05, 3.63) is 78.0 Å². The van der Waals surface area contributed by atoms with Gasteiger partial charge in [0.25, 0.3) is 6.43 Å². The molecule has 150 valence electrons. The average molecular weight is 418 g/mol. The Labute approximate surface area is 178 Å².